The lowest BCUT2D eigenvalue weighted by Crippen LogP contribution is -2.43. The quantitative estimate of drug-likeness (QED) is 0.738. The summed E-state index contributed by atoms with van der Waals surface area (Å²) < 4.78 is 11.6. The molecule has 0 bridgehead atoms. The van der Waals surface area contributed by atoms with E-state index in [1.807, 2.05) is 24.3 Å². The number of amides is 1. The van der Waals surface area contributed by atoms with E-state index >= 15 is 0 Å². The summed E-state index contributed by atoms with van der Waals surface area (Å²) in [4.78, 5) is 11.7. The van der Waals surface area contributed by atoms with Gasteiger partial charge >= 0.3 is 0 Å². The molecule has 0 saturated carbocycles. The second kappa shape index (κ2) is 7.53. The topological polar surface area (TPSA) is 104 Å². The van der Waals surface area contributed by atoms with Gasteiger partial charge in [0.15, 0.2) is 0 Å². The zero-order chi connectivity index (χ0) is 15.9. The summed E-state index contributed by atoms with van der Waals surface area (Å²) in [6.07, 6.45) is 1.74. The van der Waals surface area contributed by atoms with Crippen LogP contribution >= 0.6 is 0 Å². The summed E-state index contributed by atoms with van der Waals surface area (Å²) in [7, 11) is 3.10. The van der Waals surface area contributed by atoms with Gasteiger partial charge in [-0.2, -0.15) is 0 Å². The third-order valence-electron chi connectivity index (χ3n) is 3.00. The number of rotatable bonds is 7. The highest BCUT2D eigenvalue weighted by atomic mass is 16.5. The molecule has 0 aliphatic rings. The number of aromatic nitrogens is 3. The van der Waals surface area contributed by atoms with Crippen molar-refractivity contribution in [2.45, 2.75) is 12.6 Å². The second-order valence-corrected chi connectivity index (χ2v) is 4.63. The molecule has 1 atom stereocenters. The molecule has 1 unspecified atom stereocenters. The van der Waals surface area contributed by atoms with Crippen LogP contribution in [0.3, 0.4) is 0 Å². The van der Waals surface area contributed by atoms with Crippen LogP contribution in [0, 0.1) is 0 Å². The van der Waals surface area contributed by atoms with E-state index in [0.717, 1.165) is 11.4 Å². The summed E-state index contributed by atoms with van der Waals surface area (Å²) in [6.45, 7) is 0.427. The number of carbonyl (C=O) groups excluding carboxylic acids is 1. The molecule has 2 rings (SSSR count). The zero-order valence-electron chi connectivity index (χ0n) is 12.5. The largest absolute Gasteiger partial charge is 0.497 e. The summed E-state index contributed by atoms with van der Waals surface area (Å²) in [5, 5.41) is 10.7. The average molecular weight is 305 g/mol. The Morgan fingerprint density at radius 1 is 1.36 bits per heavy atom. The minimum atomic E-state index is -0.693. The highest BCUT2D eigenvalue weighted by Crippen LogP contribution is 2.14. The molecule has 0 aliphatic carbocycles. The van der Waals surface area contributed by atoms with E-state index in [0.29, 0.717) is 5.69 Å². The molecule has 8 nitrogen and oxygen atoms in total. The fraction of sp³-hybridized carbons (Fsp3) is 0.357. The number of benzene rings is 1. The number of methoxy groups -OCH3 is 2. The van der Waals surface area contributed by atoms with E-state index in [1.54, 1.807) is 18.0 Å². The molecule has 1 aromatic carbocycles. The van der Waals surface area contributed by atoms with Gasteiger partial charge in [-0.15, -0.1) is 5.10 Å². The van der Waals surface area contributed by atoms with Crippen molar-refractivity contribution in [1.29, 1.82) is 0 Å². The van der Waals surface area contributed by atoms with Crippen LogP contribution in [0.5, 0.6) is 5.75 Å². The van der Waals surface area contributed by atoms with E-state index < -0.39 is 6.04 Å². The number of carbonyl (C=O) groups is 1. The minimum Gasteiger partial charge on any atom is -0.497 e. The summed E-state index contributed by atoms with van der Waals surface area (Å²) in [5.41, 5.74) is 7.11. The van der Waals surface area contributed by atoms with Gasteiger partial charge in [-0.25, -0.2) is 4.68 Å². The molecule has 1 aromatic heterocycles. The van der Waals surface area contributed by atoms with Gasteiger partial charge in [-0.3, -0.25) is 4.79 Å². The van der Waals surface area contributed by atoms with Gasteiger partial charge in [0.25, 0.3) is 0 Å². The maximum atomic E-state index is 11.7. The molecule has 118 valence electrons. The number of hydrogen-bond donors (Lipinski definition) is 2. The number of nitrogens with two attached hydrogens (primary N) is 1. The first-order valence-corrected chi connectivity index (χ1v) is 6.72. The van der Waals surface area contributed by atoms with Gasteiger partial charge in [0, 0.05) is 7.11 Å². The van der Waals surface area contributed by atoms with Gasteiger partial charge in [0.05, 0.1) is 32.1 Å². The fourth-order valence-electron chi connectivity index (χ4n) is 1.80. The van der Waals surface area contributed by atoms with E-state index in [9.17, 15) is 4.79 Å². The van der Waals surface area contributed by atoms with Crippen molar-refractivity contribution < 1.29 is 14.3 Å². The van der Waals surface area contributed by atoms with E-state index in [-0.39, 0.29) is 19.1 Å². The Labute approximate surface area is 128 Å². The average Bonchev–Trinajstić information content (AvgIpc) is 3.02. The van der Waals surface area contributed by atoms with Crippen LogP contribution in [0.25, 0.3) is 5.69 Å². The lowest BCUT2D eigenvalue weighted by Gasteiger charge is -2.09. The predicted molar refractivity (Wildman–Crippen MR) is 79.6 cm³/mol. The van der Waals surface area contributed by atoms with Crippen molar-refractivity contribution in [3.8, 4) is 11.4 Å². The molecular weight excluding hydrogens is 286 g/mol. The van der Waals surface area contributed by atoms with E-state index in [1.165, 1.54) is 7.11 Å². The van der Waals surface area contributed by atoms with Crippen LogP contribution in [0.1, 0.15) is 5.69 Å². The summed E-state index contributed by atoms with van der Waals surface area (Å²) in [5.74, 6) is 0.476. The lowest BCUT2D eigenvalue weighted by molar-refractivity contribution is -0.123. The molecule has 0 radical (unpaired) electrons. The molecule has 0 aliphatic heterocycles. The van der Waals surface area contributed by atoms with Gasteiger partial charge < -0.3 is 20.5 Å². The van der Waals surface area contributed by atoms with E-state index in [2.05, 4.69) is 15.6 Å². The van der Waals surface area contributed by atoms with Crippen molar-refractivity contribution in [1.82, 2.24) is 20.3 Å². The Kier molecular flexibility index (Phi) is 5.45. The molecule has 3 N–H and O–H groups in total. The SMILES string of the molecule is COCC(N)C(=O)NCc1cn(-c2ccc(OC)cc2)nn1. The van der Waals surface area contributed by atoms with Gasteiger partial charge in [0.2, 0.25) is 5.91 Å². The zero-order valence-corrected chi connectivity index (χ0v) is 12.5. The third kappa shape index (κ3) is 4.03. The molecule has 22 heavy (non-hydrogen) atoms. The fourth-order valence-corrected chi connectivity index (χ4v) is 1.80. The van der Waals surface area contributed by atoms with E-state index in [4.69, 9.17) is 15.2 Å². The van der Waals surface area contributed by atoms with Crippen LogP contribution in [0.4, 0.5) is 0 Å². The molecular formula is C14H19N5O3. The monoisotopic (exact) mass is 305 g/mol. The van der Waals surface area contributed by atoms with Crippen LogP contribution in [0.15, 0.2) is 30.5 Å². The maximum absolute atomic E-state index is 11.7. The lowest BCUT2D eigenvalue weighted by atomic mass is 10.3. The number of ether oxygens (including phenoxy) is 2. The Bertz CT molecular complexity index is 611. The Hall–Kier alpha value is -2.45. The van der Waals surface area contributed by atoms with Gasteiger partial charge in [-0.1, -0.05) is 5.21 Å². The van der Waals surface area contributed by atoms with Crippen LogP contribution in [0.2, 0.25) is 0 Å². The Balaban J connectivity index is 1.95. The highest BCUT2D eigenvalue weighted by molar-refractivity contribution is 5.81. The first-order valence-electron chi connectivity index (χ1n) is 6.72. The third-order valence-corrected chi connectivity index (χ3v) is 3.00. The number of nitrogens with one attached hydrogen (secondary N) is 1. The van der Waals surface area contributed by atoms with Crippen molar-refractivity contribution in [2.75, 3.05) is 20.8 Å². The number of hydrogen-bond acceptors (Lipinski definition) is 6. The van der Waals surface area contributed by atoms with Crippen molar-refractivity contribution in [3.63, 3.8) is 0 Å². The van der Waals surface area contributed by atoms with Crippen molar-refractivity contribution >= 4 is 5.91 Å². The highest BCUT2D eigenvalue weighted by Gasteiger charge is 2.13. The standard InChI is InChI=1S/C14H19N5O3/c1-21-9-13(15)14(20)16-7-10-8-19(18-17-10)11-3-5-12(22-2)6-4-11/h3-6,8,13H,7,9,15H2,1-2H3,(H,16,20). The predicted octanol–water partition coefficient (Wildman–Crippen LogP) is -0.134. The molecule has 0 saturated heterocycles. The molecule has 2 aromatic rings. The Morgan fingerprint density at radius 2 is 2.09 bits per heavy atom. The van der Waals surface area contributed by atoms with Crippen molar-refractivity contribution in [3.05, 3.63) is 36.2 Å². The summed E-state index contributed by atoms with van der Waals surface area (Å²) in [6, 6.07) is 6.71. The molecule has 8 heteroatoms. The van der Waals surface area contributed by atoms with Gasteiger partial charge in [-0.05, 0) is 24.3 Å². The smallest absolute Gasteiger partial charge is 0.239 e. The summed E-state index contributed by atoms with van der Waals surface area (Å²) >= 11 is 0. The molecule has 0 fully saturated rings. The normalized spacial score (nSPS) is 12.0. The van der Waals surface area contributed by atoms with Crippen LogP contribution < -0.4 is 15.8 Å². The van der Waals surface area contributed by atoms with Crippen molar-refractivity contribution in [2.24, 2.45) is 5.73 Å². The number of nitrogens with zero attached hydrogens (tertiary/aromatic N) is 3. The first-order chi connectivity index (χ1) is 10.6. The minimum absolute atomic E-state index is 0.171. The Morgan fingerprint density at radius 3 is 2.73 bits per heavy atom. The molecule has 0 spiro atoms. The molecule has 1 heterocycles. The van der Waals surface area contributed by atoms with Crippen LogP contribution in [-0.4, -0.2) is 47.8 Å². The molecule has 1 amide bonds. The van der Waals surface area contributed by atoms with Gasteiger partial charge in [0.1, 0.15) is 17.5 Å². The van der Waals surface area contributed by atoms with Crippen LogP contribution in [-0.2, 0) is 16.1 Å². The first kappa shape index (κ1) is 15.9. The maximum Gasteiger partial charge on any atom is 0.239 e. The second-order valence-electron chi connectivity index (χ2n) is 4.63.